The first-order valence-corrected chi connectivity index (χ1v) is 12.0. The molecule has 5 heteroatoms. The van der Waals surface area contributed by atoms with Crippen molar-refractivity contribution < 1.29 is 4.79 Å². The van der Waals surface area contributed by atoms with Gasteiger partial charge in [-0.05, 0) is 43.0 Å². The van der Waals surface area contributed by atoms with Gasteiger partial charge in [-0.3, -0.25) is 14.2 Å². The van der Waals surface area contributed by atoms with E-state index in [0.29, 0.717) is 23.1 Å². The minimum Gasteiger partial charge on any atom is -0.353 e. The fourth-order valence-electron chi connectivity index (χ4n) is 4.80. The molecule has 5 nitrogen and oxygen atoms in total. The second-order valence-electron chi connectivity index (χ2n) is 9.11. The van der Waals surface area contributed by atoms with Crippen LogP contribution in [-0.4, -0.2) is 21.5 Å². The molecule has 1 amide bonds. The molecule has 0 radical (unpaired) electrons. The maximum Gasteiger partial charge on any atom is 0.261 e. The molecule has 1 heterocycles. The van der Waals surface area contributed by atoms with Crippen LogP contribution in [-0.2, 0) is 11.2 Å². The summed E-state index contributed by atoms with van der Waals surface area (Å²) in [6.45, 7) is 2.05. The Bertz CT molecular complexity index is 1300. The topological polar surface area (TPSA) is 64.0 Å². The molecular formula is C29H29N3O2. The zero-order valence-corrected chi connectivity index (χ0v) is 19.4. The van der Waals surface area contributed by atoms with Crippen LogP contribution in [0.25, 0.3) is 10.9 Å². The van der Waals surface area contributed by atoms with Gasteiger partial charge in [0, 0.05) is 30.8 Å². The van der Waals surface area contributed by atoms with Gasteiger partial charge in [0.15, 0.2) is 0 Å². The van der Waals surface area contributed by atoms with E-state index in [1.807, 2.05) is 65.2 Å². The average molecular weight is 452 g/mol. The van der Waals surface area contributed by atoms with Crippen molar-refractivity contribution in [1.29, 1.82) is 0 Å². The molecule has 5 rings (SSSR count). The van der Waals surface area contributed by atoms with Crippen LogP contribution in [0.15, 0.2) is 89.7 Å². The molecule has 1 aliphatic carbocycles. The molecule has 1 fully saturated rings. The number of fused-ring (bicyclic) bond motifs is 1. The van der Waals surface area contributed by atoms with E-state index >= 15 is 0 Å². The lowest BCUT2D eigenvalue weighted by Gasteiger charge is -2.26. The number of nitrogens with zero attached hydrogens (tertiary/aromatic N) is 2. The molecule has 3 aromatic carbocycles. The van der Waals surface area contributed by atoms with Crippen LogP contribution >= 0.6 is 0 Å². The minimum absolute atomic E-state index is 0.00472. The third-order valence-electron chi connectivity index (χ3n) is 6.57. The van der Waals surface area contributed by atoms with Crippen molar-refractivity contribution >= 4 is 16.8 Å². The molecule has 172 valence electrons. The van der Waals surface area contributed by atoms with Crippen molar-refractivity contribution in [3.63, 3.8) is 0 Å². The molecule has 34 heavy (non-hydrogen) atoms. The van der Waals surface area contributed by atoms with Gasteiger partial charge < -0.3 is 5.32 Å². The Balaban J connectivity index is 1.34. The summed E-state index contributed by atoms with van der Waals surface area (Å²) in [6.07, 6.45) is 2.71. The van der Waals surface area contributed by atoms with Crippen LogP contribution in [0.4, 0.5) is 0 Å². The van der Waals surface area contributed by atoms with Gasteiger partial charge in [0.25, 0.3) is 5.56 Å². The third-order valence-corrected chi connectivity index (χ3v) is 6.57. The highest BCUT2D eigenvalue weighted by Crippen LogP contribution is 2.35. The first-order chi connectivity index (χ1) is 16.6. The van der Waals surface area contributed by atoms with E-state index < -0.39 is 0 Å². The van der Waals surface area contributed by atoms with Gasteiger partial charge >= 0.3 is 0 Å². The van der Waals surface area contributed by atoms with Gasteiger partial charge in [-0.2, -0.15) is 0 Å². The molecule has 0 bridgehead atoms. The number of aryl methyl sites for hydroxylation is 1. The number of rotatable bonds is 8. The van der Waals surface area contributed by atoms with Crippen LogP contribution in [0.5, 0.6) is 0 Å². The number of hydrogen-bond acceptors (Lipinski definition) is 3. The van der Waals surface area contributed by atoms with Crippen molar-refractivity contribution in [2.75, 3.05) is 0 Å². The Morgan fingerprint density at radius 3 is 2.15 bits per heavy atom. The fraction of sp³-hybridized carbons (Fsp3) is 0.276. The highest BCUT2D eigenvalue weighted by atomic mass is 16.1. The number of para-hydroxylation sites is 1. The summed E-state index contributed by atoms with van der Waals surface area (Å²) in [5, 5.41) is 3.85. The number of aromatic nitrogens is 2. The predicted molar refractivity (Wildman–Crippen MR) is 135 cm³/mol. The van der Waals surface area contributed by atoms with E-state index in [1.54, 1.807) is 0 Å². The molecule has 0 saturated heterocycles. The van der Waals surface area contributed by atoms with Gasteiger partial charge in [0.1, 0.15) is 5.82 Å². The molecule has 0 spiro atoms. The normalized spacial score (nSPS) is 14.3. The van der Waals surface area contributed by atoms with E-state index in [0.717, 1.165) is 12.8 Å². The summed E-state index contributed by atoms with van der Waals surface area (Å²) in [5.74, 6) is 0.723. The van der Waals surface area contributed by atoms with Crippen molar-refractivity contribution in [1.82, 2.24) is 14.9 Å². The number of amides is 1. The van der Waals surface area contributed by atoms with Crippen LogP contribution < -0.4 is 10.9 Å². The summed E-state index contributed by atoms with van der Waals surface area (Å²) >= 11 is 0. The molecular weight excluding hydrogens is 422 g/mol. The third kappa shape index (κ3) is 4.65. The smallest absolute Gasteiger partial charge is 0.261 e. The summed E-state index contributed by atoms with van der Waals surface area (Å²) < 4.78 is 1.82. The largest absolute Gasteiger partial charge is 0.353 e. The van der Waals surface area contributed by atoms with E-state index in [2.05, 4.69) is 36.5 Å². The number of hydrogen-bond donors (Lipinski definition) is 1. The molecule has 1 saturated carbocycles. The molecule has 1 N–H and O–H groups in total. The molecule has 1 aromatic heterocycles. The van der Waals surface area contributed by atoms with E-state index in [4.69, 9.17) is 4.98 Å². The average Bonchev–Trinajstić information content (AvgIpc) is 3.69. The quantitative estimate of drug-likeness (QED) is 0.410. The molecule has 0 aliphatic heterocycles. The highest BCUT2D eigenvalue weighted by Gasteiger charge is 2.29. The maximum absolute atomic E-state index is 13.1. The lowest BCUT2D eigenvalue weighted by atomic mass is 9.86. The first-order valence-electron chi connectivity index (χ1n) is 12.0. The van der Waals surface area contributed by atoms with Crippen molar-refractivity contribution in [3.05, 3.63) is 112 Å². The summed E-state index contributed by atoms with van der Waals surface area (Å²) in [4.78, 5) is 30.9. The second-order valence-corrected chi connectivity index (χ2v) is 9.11. The van der Waals surface area contributed by atoms with E-state index in [1.165, 1.54) is 11.1 Å². The number of carbonyl (C=O) groups excluding carboxylic acids is 1. The van der Waals surface area contributed by atoms with Crippen molar-refractivity contribution in [2.45, 2.75) is 50.6 Å². The van der Waals surface area contributed by atoms with Crippen LogP contribution in [0.3, 0.4) is 0 Å². The van der Waals surface area contributed by atoms with Gasteiger partial charge in [-0.15, -0.1) is 0 Å². The number of nitrogens with one attached hydrogen (secondary N) is 1. The number of benzene rings is 3. The SMILES string of the molecule is CC(NC(=O)CCc1nc2ccccc2c(=O)n1C1CC1)C(c1ccccc1)c1ccccc1. The predicted octanol–water partition coefficient (Wildman–Crippen LogP) is 5.00. The van der Waals surface area contributed by atoms with E-state index in [-0.39, 0.29) is 35.9 Å². The zero-order valence-electron chi connectivity index (χ0n) is 19.4. The maximum atomic E-state index is 13.1. The molecule has 1 atom stereocenters. The van der Waals surface area contributed by atoms with Gasteiger partial charge in [0.2, 0.25) is 5.91 Å². The van der Waals surface area contributed by atoms with Crippen LogP contribution in [0, 0.1) is 0 Å². The molecule has 1 unspecified atom stereocenters. The molecule has 4 aromatic rings. The van der Waals surface area contributed by atoms with Gasteiger partial charge in [-0.1, -0.05) is 72.8 Å². The van der Waals surface area contributed by atoms with E-state index in [9.17, 15) is 9.59 Å². The summed E-state index contributed by atoms with van der Waals surface area (Å²) in [6, 6.07) is 28.1. The summed E-state index contributed by atoms with van der Waals surface area (Å²) in [7, 11) is 0. The van der Waals surface area contributed by atoms with Crippen LogP contribution in [0.1, 0.15) is 55.1 Å². The Morgan fingerprint density at radius 1 is 0.941 bits per heavy atom. The number of carbonyl (C=O) groups is 1. The Labute approximate surface area is 199 Å². The Kier molecular flexibility index (Phi) is 6.26. The lowest BCUT2D eigenvalue weighted by Crippen LogP contribution is -2.38. The minimum atomic E-state index is -0.0903. The standard InChI is InChI=1S/C29H29N3O2/c1-20(28(21-10-4-2-5-11-21)22-12-6-3-7-13-22)30-27(33)19-18-26-31-25-15-9-8-14-24(25)29(34)32(26)23-16-17-23/h2-15,20,23,28H,16-19H2,1H3,(H,30,33). The van der Waals surface area contributed by atoms with Gasteiger partial charge in [0.05, 0.1) is 10.9 Å². The lowest BCUT2D eigenvalue weighted by molar-refractivity contribution is -0.121. The molecule has 1 aliphatic rings. The van der Waals surface area contributed by atoms with Gasteiger partial charge in [-0.25, -0.2) is 4.98 Å². The monoisotopic (exact) mass is 451 g/mol. The van der Waals surface area contributed by atoms with Crippen LogP contribution in [0.2, 0.25) is 0 Å². The summed E-state index contributed by atoms with van der Waals surface area (Å²) in [5.41, 5.74) is 3.03. The zero-order chi connectivity index (χ0) is 23.5. The highest BCUT2D eigenvalue weighted by molar-refractivity contribution is 5.78. The fourth-order valence-corrected chi connectivity index (χ4v) is 4.80. The second kappa shape index (κ2) is 9.64. The Hall–Kier alpha value is -3.73. The first kappa shape index (κ1) is 22.1. The van der Waals surface area contributed by atoms with Crippen molar-refractivity contribution in [3.8, 4) is 0 Å². The Morgan fingerprint density at radius 2 is 1.53 bits per heavy atom. The van der Waals surface area contributed by atoms with Crippen molar-refractivity contribution in [2.24, 2.45) is 0 Å².